The lowest BCUT2D eigenvalue weighted by Crippen LogP contribution is -2.28. The molecule has 2 N–H and O–H groups in total. The molecule has 1 aromatic carbocycles. The molecule has 24 heavy (non-hydrogen) atoms. The van der Waals surface area contributed by atoms with Crippen molar-refractivity contribution < 1.29 is 5.11 Å². The van der Waals surface area contributed by atoms with Gasteiger partial charge >= 0.3 is 0 Å². The van der Waals surface area contributed by atoms with Crippen LogP contribution in [0.1, 0.15) is 30.6 Å². The Balaban J connectivity index is 1.68. The van der Waals surface area contributed by atoms with Crippen LogP contribution in [0.3, 0.4) is 0 Å². The number of hydrogen-bond acceptors (Lipinski definition) is 5. The van der Waals surface area contributed by atoms with Crippen molar-refractivity contribution in [2.75, 3.05) is 25.5 Å². The summed E-state index contributed by atoms with van der Waals surface area (Å²) in [5, 5.41) is 14.4. The van der Waals surface area contributed by atoms with E-state index in [-0.39, 0.29) is 6.10 Å². The lowest BCUT2D eigenvalue weighted by atomic mass is 9.87. The predicted octanol–water partition coefficient (Wildman–Crippen LogP) is 3.52. The van der Waals surface area contributed by atoms with E-state index >= 15 is 0 Å². The summed E-state index contributed by atoms with van der Waals surface area (Å²) in [6.07, 6.45) is 4.17. The second-order valence-corrected chi connectivity index (χ2v) is 7.91. The Kier molecular flexibility index (Phi) is 5.87. The first-order valence-electron chi connectivity index (χ1n) is 8.74. The lowest BCUT2D eigenvalue weighted by Gasteiger charge is -2.25. The highest BCUT2D eigenvalue weighted by atomic mass is 32.1. The normalized spacial score (nSPS) is 21.0. The van der Waals surface area contributed by atoms with Crippen molar-refractivity contribution in [1.29, 1.82) is 0 Å². The molecule has 0 spiro atoms. The van der Waals surface area contributed by atoms with E-state index in [1.807, 2.05) is 20.2 Å². The van der Waals surface area contributed by atoms with E-state index in [0.717, 1.165) is 43.2 Å². The molecule has 1 heterocycles. The number of nitrogens with zero attached hydrogens (tertiary/aromatic N) is 2. The highest BCUT2D eigenvalue weighted by molar-refractivity contribution is 7.16. The SMILES string of the molecule is CN(C)c1nc(-c2ccccc2)c(CNCC2CCCC(O)C2)s1. The number of thiazole rings is 1. The molecule has 0 saturated heterocycles. The number of nitrogens with one attached hydrogen (secondary N) is 1. The van der Waals surface area contributed by atoms with Gasteiger partial charge in [0, 0.05) is 31.1 Å². The fourth-order valence-electron chi connectivity index (χ4n) is 3.31. The molecule has 4 nitrogen and oxygen atoms in total. The van der Waals surface area contributed by atoms with Gasteiger partial charge in [-0.3, -0.25) is 0 Å². The number of benzene rings is 1. The monoisotopic (exact) mass is 345 g/mol. The van der Waals surface area contributed by atoms with Gasteiger partial charge in [-0.15, -0.1) is 0 Å². The van der Waals surface area contributed by atoms with Gasteiger partial charge in [0.1, 0.15) is 0 Å². The van der Waals surface area contributed by atoms with Crippen LogP contribution in [-0.2, 0) is 6.54 Å². The average Bonchev–Trinajstić information content (AvgIpc) is 3.00. The van der Waals surface area contributed by atoms with E-state index in [9.17, 15) is 5.11 Å². The molecule has 5 heteroatoms. The highest BCUT2D eigenvalue weighted by Crippen LogP contribution is 2.32. The quantitative estimate of drug-likeness (QED) is 0.841. The third-order valence-electron chi connectivity index (χ3n) is 4.59. The van der Waals surface area contributed by atoms with Crippen LogP contribution >= 0.6 is 11.3 Å². The lowest BCUT2D eigenvalue weighted by molar-refractivity contribution is 0.101. The Morgan fingerprint density at radius 2 is 2.04 bits per heavy atom. The smallest absolute Gasteiger partial charge is 0.185 e. The van der Waals surface area contributed by atoms with Gasteiger partial charge in [0.2, 0.25) is 0 Å². The summed E-state index contributed by atoms with van der Waals surface area (Å²) >= 11 is 1.75. The third kappa shape index (κ3) is 4.35. The summed E-state index contributed by atoms with van der Waals surface area (Å²) in [5.74, 6) is 0.593. The van der Waals surface area contributed by atoms with Gasteiger partial charge in [0.15, 0.2) is 5.13 Å². The van der Waals surface area contributed by atoms with Crippen molar-refractivity contribution in [2.45, 2.75) is 38.3 Å². The molecule has 2 aromatic rings. The summed E-state index contributed by atoms with van der Waals surface area (Å²) in [6.45, 7) is 1.81. The molecule has 130 valence electrons. The second-order valence-electron chi connectivity index (χ2n) is 6.85. The summed E-state index contributed by atoms with van der Waals surface area (Å²) in [5.41, 5.74) is 2.26. The molecule has 1 aliphatic rings. The largest absolute Gasteiger partial charge is 0.393 e. The first kappa shape index (κ1) is 17.4. The van der Waals surface area contributed by atoms with Crippen molar-refractivity contribution in [3.63, 3.8) is 0 Å². The van der Waals surface area contributed by atoms with Crippen LogP contribution in [0.15, 0.2) is 30.3 Å². The maximum absolute atomic E-state index is 9.81. The number of hydrogen-bond donors (Lipinski definition) is 2. The molecule has 1 aliphatic carbocycles. The number of aliphatic hydroxyl groups excluding tert-OH is 1. The third-order valence-corrected chi connectivity index (χ3v) is 5.81. The average molecular weight is 346 g/mol. The van der Waals surface area contributed by atoms with Crippen LogP contribution in [0.4, 0.5) is 5.13 Å². The van der Waals surface area contributed by atoms with Crippen molar-refractivity contribution in [3.05, 3.63) is 35.2 Å². The molecule has 1 aromatic heterocycles. The van der Waals surface area contributed by atoms with Gasteiger partial charge in [-0.25, -0.2) is 4.98 Å². The van der Waals surface area contributed by atoms with Crippen LogP contribution < -0.4 is 10.2 Å². The fourth-order valence-corrected chi connectivity index (χ4v) is 4.28. The van der Waals surface area contributed by atoms with Crippen molar-refractivity contribution in [3.8, 4) is 11.3 Å². The Bertz CT molecular complexity index is 641. The van der Waals surface area contributed by atoms with E-state index < -0.39 is 0 Å². The number of aromatic nitrogens is 1. The van der Waals surface area contributed by atoms with Crippen molar-refractivity contribution in [2.24, 2.45) is 5.92 Å². The molecule has 3 rings (SSSR count). The van der Waals surface area contributed by atoms with Crippen LogP contribution in [0.2, 0.25) is 0 Å². The summed E-state index contributed by atoms with van der Waals surface area (Å²) in [7, 11) is 4.07. The topological polar surface area (TPSA) is 48.4 Å². The summed E-state index contributed by atoms with van der Waals surface area (Å²) < 4.78 is 0. The van der Waals surface area contributed by atoms with E-state index in [0.29, 0.717) is 5.92 Å². The summed E-state index contributed by atoms with van der Waals surface area (Å²) in [4.78, 5) is 8.17. The van der Waals surface area contributed by atoms with E-state index in [1.54, 1.807) is 11.3 Å². The molecule has 1 fully saturated rings. The van der Waals surface area contributed by atoms with Gasteiger partial charge < -0.3 is 15.3 Å². The number of rotatable bonds is 6. The zero-order valence-electron chi connectivity index (χ0n) is 14.5. The fraction of sp³-hybridized carbons (Fsp3) is 0.526. The summed E-state index contributed by atoms with van der Waals surface area (Å²) in [6, 6.07) is 10.4. The molecule has 0 bridgehead atoms. The first-order valence-corrected chi connectivity index (χ1v) is 9.56. The van der Waals surface area contributed by atoms with Crippen LogP contribution in [-0.4, -0.2) is 36.8 Å². The Morgan fingerprint density at radius 3 is 2.75 bits per heavy atom. The van der Waals surface area contributed by atoms with Crippen LogP contribution in [0, 0.1) is 5.92 Å². The maximum Gasteiger partial charge on any atom is 0.185 e. The van der Waals surface area contributed by atoms with Gasteiger partial charge in [0.05, 0.1) is 11.8 Å². The maximum atomic E-state index is 9.81. The van der Waals surface area contributed by atoms with Crippen molar-refractivity contribution >= 4 is 16.5 Å². The molecular weight excluding hydrogens is 318 g/mol. The minimum absolute atomic E-state index is 0.103. The van der Waals surface area contributed by atoms with E-state index in [1.165, 1.54) is 16.9 Å². The van der Waals surface area contributed by atoms with Crippen molar-refractivity contribution in [1.82, 2.24) is 10.3 Å². The van der Waals surface area contributed by atoms with E-state index in [4.69, 9.17) is 4.98 Å². The molecular formula is C19H27N3OS. The van der Waals surface area contributed by atoms with Gasteiger partial charge in [0.25, 0.3) is 0 Å². The first-order chi connectivity index (χ1) is 11.6. The van der Waals surface area contributed by atoms with Crippen LogP contribution in [0.5, 0.6) is 0 Å². The van der Waals surface area contributed by atoms with Gasteiger partial charge in [-0.2, -0.15) is 0 Å². The number of aliphatic hydroxyl groups is 1. The Morgan fingerprint density at radius 1 is 1.25 bits per heavy atom. The standard InChI is InChI=1S/C19H27N3OS/c1-22(2)19-21-18(15-8-4-3-5-9-15)17(24-19)13-20-12-14-7-6-10-16(23)11-14/h3-5,8-9,14,16,20,23H,6-7,10-13H2,1-2H3. The molecule has 0 radical (unpaired) electrons. The minimum Gasteiger partial charge on any atom is -0.393 e. The molecule has 1 saturated carbocycles. The molecule has 0 aliphatic heterocycles. The van der Waals surface area contributed by atoms with E-state index in [2.05, 4.69) is 34.5 Å². The highest BCUT2D eigenvalue weighted by Gasteiger charge is 2.20. The van der Waals surface area contributed by atoms with Crippen LogP contribution in [0.25, 0.3) is 11.3 Å². The zero-order valence-corrected chi connectivity index (χ0v) is 15.4. The Labute approximate surface area is 148 Å². The minimum atomic E-state index is -0.103. The number of anilines is 1. The second kappa shape index (κ2) is 8.10. The molecule has 2 unspecified atom stereocenters. The molecule has 2 atom stereocenters. The van der Waals surface area contributed by atoms with Gasteiger partial charge in [-0.1, -0.05) is 48.1 Å². The predicted molar refractivity (Wildman–Crippen MR) is 102 cm³/mol. The zero-order chi connectivity index (χ0) is 16.9. The molecule has 0 amide bonds. The Hall–Kier alpha value is -1.43. The van der Waals surface area contributed by atoms with Gasteiger partial charge in [-0.05, 0) is 31.7 Å².